The van der Waals surface area contributed by atoms with Crippen LogP contribution in [0.15, 0.2) is 0 Å². The summed E-state index contributed by atoms with van der Waals surface area (Å²) in [6.45, 7) is 10.5. The molecule has 0 spiro atoms. The average Bonchev–Trinajstić information content (AvgIpc) is 2.87. The predicted molar refractivity (Wildman–Crippen MR) is 82.3 cm³/mol. The van der Waals surface area contributed by atoms with E-state index in [0.717, 1.165) is 25.8 Å². The van der Waals surface area contributed by atoms with Gasteiger partial charge in [-0.3, -0.25) is 4.79 Å². The number of nitrogens with one attached hydrogen (secondary N) is 1. The first-order valence-electron chi connectivity index (χ1n) is 8.23. The number of carbonyl (C=O) groups is 1. The second-order valence-electron chi connectivity index (χ2n) is 5.70. The molecule has 3 atom stereocenters. The lowest BCUT2D eigenvalue weighted by Crippen LogP contribution is -2.51. The Bertz CT molecular complexity index is 311. The van der Waals surface area contributed by atoms with Crippen molar-refractivity contribution < 1.29 is 19.0 Å². The highest BCUT2D eigenvalue weighted by Crippen LogP contribution is 2.34. The maximum atomic E-state index is 12.3. The van der Waals surface area contributed by atoms with Gasteiger partial charge in [-0.1, -0.05) is 6.92 Å². The van der Waals surface area contributed by atoms with E-state index in [0.29, 0.717) is 26.2 Å². The molecule has 0 bridgehead atoms. The van der Waals surface area contributed by atoms with Crippen LogP contribution >= 0.6 is 0 Å². The molecule has 0 aromatic rings. The van der Waals surface area contributed by atoms with Gasteiger partial charge < -0.3 is 19.5 Å². The van der Waals surface area contributed by atoms with E-state index in [2.05, 4.69) is 12.2 Å². The Hall–Kier alpha value is -0.650. The van der Waals surface area contributed by atoms with Gasteiger partial charge in [-0.2, -0.15) is 0 Å². The molecular formula is C16H31NO4. The summed E-state index contributed by atoms with van der Waals surface area (Å²) in [6, 6.07) is 0. The monoisotopic (exact) mass is 301 g/mol. The van der Waals surface area contributed by atoms with Gasteiger partial charge in [0.05, 0.1) is 25.4 Å². The third-order valence-electron chi connectivity index (χ3n) is 3.83. The number of hydrogen-bond donors (Lipinski definition) is 1. The second-order valence-corrected chi connectivity index (χ2v) is 5.70. The van der Waals surface area contributed by atoms with Crippen LogP contribution in [-0.2, 0) is 19.0 Å². The number of hydrogen-bond acceptors (Lipinski definition) is 5. The first-order valence-corrected chi connectivity index (χ1v) is 8.23. The zero-order valence-electron chi connectivity index (χ0n) is 13.9. The summed E-state index contributed by atoms with van der Waals surface area (Å²) in [5.74, 6) is -0.137. The van der Waals surface area contributed by atoms with E-state index in [1.54, 1.807) is 0 Å². The zero-order valence-corrected chi connectivity index (χ0v) is 13.9. The largest absolute Gasteiger partial charge is 0.465 e. The standard InChI is InChI=1S/C16H31NO4/c1-5-10-17-16(15(18)20-7-3)9-8-14(11-16)21-13(4)12-19-6-2/h13-14,17H,5-12H2,1-4H3. The molecule has 1 rings (SSSR count). The molecule has 0 aliphatic heterocycles. The summed E-state index contributed by atoms with van der Waals surface area (Å²) in [6.07, 6.45) is 3.48. The van der Waals surface area contributed by atoms with E-state index in [1.807, 2.05) is 20.8 Å². The zero-order chi connectivity index (χ0) is 15.7. The molecule has 1 fully saturated rings. The fourth-order valence-corrected chi connectivity index (χ4v) is 2.82. The van der Waals surface area contributed by atoms with Crippen LogP contribution in [0.5, 0.6) is 0 Å². The van der Waals surface area contributed by atoms with Crippen molar-refractivity contribution in [2.75, 3.05) is 26.4 Å². The van der Waals surface area contributed by atoms with Crippen LogP contribution in [0, 0.1) is 0 Å². The van der Waals surface area contributed by atoms with Crippen molar-refractivity contribution in [2.24, 2.45) is 0 Å². The summed E-state index contributed by atoms with van der Waals surface area (Å²) < 4.78 is 16.6. The highest BCUT2D eigenvalue weighted by Gasteiger charge is 2.46. The van der Waals surface area contributed by atoms with Crippen LogP contribution in [-0.4, -0.2) is 50.1 Å². The molecule has 1 aliphatic rings. The molecule has 5 nitrogen and oxygen atoms in total. The molecule has 3 unspecified atom stereocenters. The lowest BCUT2D eigenvalue weighted by Gasteiger charge is -2.28. The highest BCUT2D eigenvalue weighted by atomic mass is 16.5. The van der Waals surface area contributed by atoms with Crippen molar-refractivity contribution in [3.63, 3.8) is 0 Å². The number of carbonyl (C=O) groups excluding carboxylic acids is 1. The Morgan fingerprint density at radius 1 is 1.33 bits per heavy atom. The van der Waals surface area contributed by atoms with Crippen molar-refractivity contribution in [1.82, 2.24) is 5.32 Å². The van der Waals surface area contributed by atoms with E-state index < -0.39 is 5.54 Å². The van der Waals surface area contributed by atoms with Gasteiger partial charge >= 0.3 is 5.97 Å². The Balaban J connectivity index is 2.56. The summed E-state index contributed by atoms with van der Waals surface area (Å²) in [5, 5.41) is 3.39. The molecule has 21 heavy (non-hydrogen) atoms. The Morgan fingerprint density at radius 2 is 2.10 bits per heavy atom. The first-order chi connectivity index (χ1) is 10.1. The van der Waals surface area contributed by atoms with E-state index in [1.165, 1.54) is 0 Å². The smallest absolute Gasteiger partial charge is 0.326 e. The number of rotatable bonds is 10. The van der Waals surface area contributed by atoms with Gasteiger partial charge in [0.2, 0.25) is 0 Å². The Labute approximate surface area is 128 Å². The second kappa shape index (κ2) is 9.38. The van der Waals surface area contributed by atoms with Crippen LogP contribution in [0.2, 0.25) is 0 Å². The quantitative estimate of drug-likeness (QED) is 0.627. The third kappa shape index (κ3) is 5.57. The average molecular weight is 301 g/mol. The summed E-state index contributed by atoms with van der Waals surface area (Å²) >= 11 is 0. The highest BCUT2D eigenvalue weighted by molar-refractivity contribution is 5.81. The van der Waals surface area contributed by atoms with Gasteiger partial charge in [0.1, 0.15) is 5.54 Å². The van der Waals surface area contributed by atoms with Gasteiger partial charge in [0, 0.05) is 13.0 Å². The molecule has 124 valence electrons. The van der Waals surface area contributed by atoms with E-state index in [-0.39, 0.29) is 18.2 Å². The Kier molecular flexibility index (Phi) is 8.22. The summed E-state index contributed by atoms with van der Waals surface area (Å²) in [7, 11) is 0. The summed E-state index contributed by atoms with van der Waals surface area (Å²) in [5.41, 5.74) is -0.567. The van der Waals surface area contributed by atoms with Crippen molar-refractivity contribution in [1.29, 1.82) is 0 Å². The van der Waals surface area contributed by atoms with Crippen LogP contribution in [0.4, 0.5) is 0 Å². The van der Waals surface area contributed by atoms with Gasteiger partial charge in [-0.05, 0) is 46.6 Å². The normalized spacial score (nSPS) is 26.8. The molecule has 5 heteroatoms. The fourth-order valence-electron chi connectivity index (χ4n) is 2.82. The Morgan fingerprint density at radius 3 is 2.71 bits per heavy atom. The minimum Gasteiger partial charge on any atom is -0.465 e. The minimum atomic E-state index is -0.567. The lowest BCUT2D eigenvalue weighted by atomic mass is 9.97. The van der Waals surface area contributed by atoms with Crippen molar-refractivity contribution in [3.8, 4) is 0 Å². The first kappa shape index (κ1) is 18.4. The van der Waals surface area contributed by atoms with Crippen molar-refractivity contribution in [3.05, 3.63) is 0 Å². The van der Waals surface area contributed by atoms with E-state index >= 15 is 0 Å². The van der Waals surface area contributed by atoms with Gasteiger partial charge in [-0.15, -0.1) is 0 Å². The van der Waals surface area contributed by atoms with Crippen LogP contribution in [0.25, 0.3) is 0 Å². The maximum absolute atomic E-state index is 12.3. The van der Waals surface area contributed by atoms with Gasteiger partial charge in [0.25, 0.3) is 0 Å². The third-order valence-corrected chi connectivity index (χ3v) is 3.83. The molecule has 0 aromatic carbocycles. The molecule has 1 N–H and O–H groups in total. The van der Waals surface area contributed by atoms with Crippen molar-refractivity contribution >= 4 is 5.97 Å². The molecule has 1 saturated carbocycles. The molecule has 0 amide bonds. The van der Waals surface area contributed by atoms with Crippen LogP contribution < -0.4 is 5.32 Å². The molecule has 0 heterocycles. The lowest BCUT2D eigenvalue weighted by molar-refractivity contribution is -0.151. The van der Waals surface area contributed by atoms with Gasteiger partial charge in [0.15, 0.2) is 0 Å². The predicted octanol–water partition coefficient (Wildman–Crippen LogP) is 2.28. The SMILES string of the molecule is CCCNC1(C(=O)OCC)CCC(OC(C)COCC)C1. The molecule has 0 radical (unpaired) electrons. The number of esters is 1. The maximum Gasteiger partial charge on any atom is 0.326 e. The molecule has 0 aromatic heterocycles. The van der Waals surface area contributed by atoms with Crippen LogP contribution in [0.3, 0.4) is 0 Å². The van der Waals surface area contributed by atoms with E-state index in [9.17, 15) is 4.79 Å². The molecular weight excluding hydrogens is 270 g/mol. The van der Waals surface area contributed by atoms with E-state index in [4.69, 9.17) is 14.2 Å². The number of ether oxygens (including phenoxy) is 3. The minimum absolute atomic E-state index is 0.0547. The fraction of sp³-hybridized carbons (Fsp3) is 0.938. The van der Waals surface area contributed by atoms with Crippen molar-refractivity contribution in [2.45, 2.75) is 71.1 Å². The van der Waals surface area contributed by atoms with Gasteiger partial charge in [-0.25, -0.2) is 0 Å². The molecule has 1 aliphatic carbocycles. The molecule has 0 saturated heterocycles. The summed E-state index contributed by atoms with van der Waals surface area (Å²) in [4.78, 5) is 12.3. The topological polar surface area (TPSA) is 56.8 Å². The van der Waals surface area contributed by atoms with Crippen LogP contribution in [0.1, 0.15) is 53.4 Å².